The van der Waals surface area contributed by atoms with Gasteiger partial charge in [0.25, 0.3) is 0 Å². The number of anilines is 1. The van der Waals surface area contributed by atoms with E-state index < -0.39 is 10.0 Å². The fourth-order valence-electron chi connectivity index (χ4n) is 4.61. The summed E-state index contributed by atoms with van der Waals surface area (Å²) < 4.78 is 27.9. The van der Waals surface area contributed by atoms with Gasteiger partial charge in [-0.1, -0.05) is 13.3 Å². The second-order valence-corrected chi connectivity index (χ2v) is 10.4. The molecule has 154 valence electrons. The first kappa shape index (κ1) is 19.9. The van der Waals surface area contributed by atoms with Crippen LogP contribution in [-0.2, 0) is 21.2 Å². The Hall–Kier alpha value is -1.44. The Kier molecular flexibility index (Phi) is 5.51. The fourth-order valence-corrected chi connectivity index (χ4v) is 6.09. The molecule has 1 aromatic rings. The van der Waals surface area contributed by atoms with Gasteiger partial charge in [0.05, 0.1) is 4.90 Å². The van der Waals surface area contributed by atoms with E-state index in [0.29, 0.717) is 18.0 Å². The van der Waals surface area contributed by atoms with Crippen LogP contribution in [0.5, 0.6) is 0 Å². The maximum atomic E-state index is 13.1. The maximum Gasteiger partial charge on any atom is 0.243 e. The van der Waals surface area contributed by atoms with Gasteiger partial charge in [-0.15, -0.1) is 0 Å². The number of piperazine rings is 1. The standard InChI is InChI=1S/C21H31N3O3S/c1-3-9-22-10-12-23(13-11-22)28(26,27)19-7-8-20-18(15-19)14-16(2)24(20)21(25)17-5-4-6-17/h7-8,15-17H,3-6,9-14H2,1-2H3. The molecule has 1 aromatic carbocycles. The van der Waals surface area contributed by atoms with E-state index in [1.807, 2.05) is 11.0 Å². The van der Waals surface area contributed by atoms with Crippen molar-refractivity contribution in [2.75, 3.05) is 37.6 Å². The monoisotopic (exact) mass is 405 g/mol. The molecule has 1 saturated heterocycles. The van der Waals surface area contributed by atoms with E-state index in [-0.39, 0.29) is 17.9 Å². The average Bonchev–Trinajstić information content (AvgIpc) is 2.95. The number of rotatable bonds is 5. The van der Waals surface area contributed by atoms with E-state index in [0.717, 1.165) is 63.0 Å². The van der Waals surface area contributed by atoms with Crippen LogP contribution in [0.25, 0.3) is 0 Å². The molecule has 3 aliphatic rings. The Labute approximate surface area is 168 Å². The van der Waals surface area contributed by atoms with Crippen molar-refractivity contribution in [2.45, 2.75) is 56.9 Å². The number of sulfonamides is 1. The molecule has 1 saturated carbocycles. The third-order valence-electron chi connectivity index (χ3n) is 6.47. The van der Waals surface area contributed by atoms with Gasteiger partial charge in [0.1, 0.15) is 0 Å². The van der Waals surface area contributed by atoms with Crippen LogP contribution < -0.4 is 4.90 Å². The van der Waals surface area contributed by atoms with Crippen LogP contribution in [-0.4, -0.2) is 62.3 Å². The van der Waals surface area contributed by atoms with Crippen molar-refractivity contribution < 1.29 is 13.2 Å². The highest BCUT2D eigenvalue weighted by atomic mass is 32.2. The van der Waals surface area contributed by atoms with Crippen molar-refractivity contribution in [2.24, 2.45) is 5.92 Å². The lowest BCUT2D eigenvalue weighted by Crippen LogP contribution is -2.48. The molecule has 1 aliphatic carbocycles. The number of hydrogen-bond acceptors (Lipinski definition) is 4. The zero-order valence-electron chi connectivity index (χ0n) is 16.9. The number of benzene rings is 1. The zero-order chi connectivity index (χ0) is 19.9. The lowest BCUT2D eigenvalue weighted by molar-refractivity contribution is -0.125. The first-order valence-electron chi connectivity index (χ1n) is 10.6. The molecule has 1 unspecified atom stereocenters. The minimum absolute atomic E-state index is 0.0960. The largest absolute Gasteiger partial charge is 0.309 e. The Balaban J connectivity index is 1.53. The maximum absolute atomic E-state index is 13.1. The second-order valence-electron chi connectivity index (χ2n) is 8.43. The summed E-state index contributed by atoms with van der Waals surface area (Å²) in [5.74, 6) is 0.358. The van der Waals surface area contributed by atoms with E-state index in [1.165, 1.54) is 0 Å². The van der Waals surface area contributed by atoms with Gasteiger partial charge in [-0.05, 0) is 62.9 Å². The van der Waals surface area contributed by atoms with Gasteiger partial charge in [-0.3, -0.25) is 4.79 Å². The summed E-state index contributed by atoms with van der Waals surface area (Å²) in [5, 5.41) is 0. The summed E-state index contributed by atoms with van der Waals surface area (Å²) in [6, 6.07) is 5.42. The molecule has 0 N–H and O–H groups in total. The highest BCUT2D eigenvalue weighted by Gasteiger charge is 2.38. The Morgan fingerprint density at radius 3 is 2.46 bits per heavy atom. The van der Waals surface area contributed by atoms with Gasteiger partial charge in [-0.2, -0.15) is 4.31 Å². The molecular weight excluding hydrogens is 374 g/mol. The molecule has 1 amide bonds. The number of hydrogen-bond donors (Lipinski definition) is 0. The molecule has 0 bridgehead atoms. The third kappa shape index (κ3) is 3.48. The van der Waals surface area contributed by atoms with Gasteiger partial charge in [-0.25, -0.2) is 8.42 Å². The molecule has 0 spiro atoms. The molecule has 28 heavy (non-hydrogen) atoms. The van der Waals surface area contributed by atoms with Crippen molar-refractivity contribution in [3.05, 3.63) is 23.8 Å². The minimum atomic E-state index is -3.48. The fraction of sp³-hybridized carbons (Fsp3) is 0.667. The molecule has 7 heteroatoms. The summed E-state index contributed by atoms with van der Waals surface area (Å²) >= 11 is 0. The predicted molar refractivity (Wildman–Crippen MR) is 110 cm³/mol. The van der Waals surface area contributed by atoms with Crippen molar-refractivity contribution in [3.63, 3.8) is 0 Å². The SMILES string of the molecule is CCCN1CCN(S(=O)(=O)c2ccc3c(c2)CC(C)N3C(=O)C2CCC2)CC1. The highest BCUT2D eigenvalue weighted by Crippen LogP contribution is 2.38. The van der Waals surface area contributed by atoms with E-state index in [1.54, 1.807) is 16.4 Å². The number of carbonyl (C=O) groups is 1. The normalized spacial score (nSPS) is 24.2. The summed E-state index contributed by atoms with van der Waals surface area (Å²) in [6.45, 7) is 7.89. The first-order chi connectivity index (χ1) is 13.4. The molecule has 0 aromatic heterocycles. The van der Waals surface area contributed by atoms with Crippen LogP contribution in [0.4, 0.5) is 5.69 Å². The summed E-state index contributed by atoms with van der Waals surface area (Å²) in [7, 11) is -3.48. The molecule has 0 radical (unpaired) electrons. The summed E-state index contributed by atoms with van der Waals surface area (Å²) in [6.07, 6.45) is 4.91. The van der Waals surface area contributed by atoms with E-state index in [9.17, 15) is 13.2 Å². The lowest BCUT2D eigenvalue weighted by atomic mass is 9.84. The van der Waals surface area contributed by atoms with Crippen molar-refractivity contribution in [3.8, 4) is 0 Å². The van der Waals surface area contributed by atoms with E-state index in [4.69, 9.17) is 0 Å². The molecule has 2 fully saturated rings. The molecule has 2 heterocycles. The Morgan fingerprint density at radius 1 is 1.14 bits per heavy atom. The molecular formula is C21H31N3O3S. The van der Waals surface area contributed by atoms with Gasteiger partial charge >= 0.3 is 0 Å². The quantitative estimate of drug-likeness (QED) is 0.755. The number of amides is 1. The van der Waals surface area contributed by atoms with Gasteiger partial charge < -0.3 is 9.80 Å². The molecule has 1 atom stereocenters. The van der Waals surface area contributed by atoms with Crippen molar-refractivity contribution in [1.29, 1.82) is 0 Å². The Bertz CT molecular complexity index is 842. The lowest BCUT2D eigenvalue weighted by Gasteiger charge is -2.34. The predicted octanol–water partition coefficient (Wildman–Crippen LogP) is 2.48. The van der Waals surface area contributed by atoms with Crippen LogP contribution in [0.2, 0.25) is 0 Å². The molecule has 2 aliphatic heterocycles. The van der Waals surface area contributed by atoms with E-state index >= 15 is 0 Å². The number of fused-ring (bicyclic) bond motifs is 1. The van der Waals surface area contributed by atoms with Gasteiger partial charge in [0.15, 0.2) is 0 Å². The van der Waals surface area contributed by atoms with Crippen LogP contribution in [0.3, 0.4) is 0 Å². The number of nitrogens with zero attached hydrogens (tertiary/aromatic N) is 3. The second kappa shape index (κ2) is 7.76. The topological polar surface area (TPSA) is 60.9 Å². The van der Waals surface area contributed by atoms with Crippen molar-refractivity contribution >= 4 is 21.6 Å². The van der Waals surface area contributed by atoms with E-state index in [2.05, 4.69) is 18.7 Å². The van der Waals surface area contributed by atoms with Crippen LogP contribution >= 0.6 is 0 Å². The first-order valence-corrected chi connectivity index (χ1v) is 12.0. The number of carbonyl (C=O) groups excluding carboxylic acids is 1. The smallest absolute Gasteiger partial charge is 0.243 e. The Morgan fingerprint density at radius 2 is 1.86 bits per heavy atom. The summed E-state index contributed by atoms with van der Waals surface area (Å²) in [5.41, 5.74) is 1.88. The van der Waals surface area contributed by atoms with Crippen LogP contribution in [0, 0.1) is 5.92 Å². The summed E-state index contributed by atoms with van der Waals surface area (Å²) in [4.78, 5) is 17.4. The highest BCUT2D eigenvalue weighted by molar-refractivity contribution is 7.89. The van der Waals surface area contributed by atoms with Gasteiger partial charge in [0.2, 0.25) is 15.9 Å². The zero-order valence-corrected chi connectivity index (χ0v) is 17.7. The van der Waals surface area contributed by atoms with Crippen molar-refractivity contribution in [1.82, 2.24) is 9.21 Å². The molecule has 6 nitrogen and oxygen atoms in total. The average molecular weight is 406 g/mol. The third-order valence-corrected chi connectivity index (χ3v) is 8.36. The van der Waals surface area contributed by atoms with Gasteiger partial charge in [0, 0.05) is 43.8 Å². The molecule has 4 rings (SSSR count). The van der Waals surface area contributed by atoms with Crippen LogP contribution in [0.15, 0.2) is 23.1 Å². The minimum Gasteiger partial charge on any atom is -0.309 e. The van der Waals surface area contributed by atoms with Crippen LogP contribution in [0.1, 0.15) is 45.1 Å².